The fraction of sp³-hybridized carbons (Fsp3) is 0.444. The van der Waals surface area contributed by atoms with Gasteiger partial charge in [-0.3, -0.25) is 14.2 Å². The second-order valence-corrected chi connectivity index (χ2v) is 10.3. The van der Waals surface area contributed by atoms with Gasteiger partial charge in [0.2, 0.25) is 5.82 Å². The number of carbonyl (C=O) groups excluding carboxylic acids is 2. The highest BCUT2D eigenvalue weighted by atomic mass is 16.6. The van der Waals surface area contributed by atoms with Gasteiger partial charge in [0.15, 0.2) is 23.8 Å². The summed E-state index contributed by atoms with van der Waals surface area (Å²) in [7, 11) is 0. The summed E-state index contributed by atoms with van der Waals surface area (Å²) >= 11 is 0. The number of hydrogen-bond donors (Lipinski definition) is 4. The molecule has 4 unspecified atom stereocenters. The second kappa shape index (κ2) is 10.3. The third-order valence-corrected chi connectivity index (χ3v) is 7.10. The van der Waals surface area contributed by atoms with Gasteiger partial charge in [0.25, 0.3) is 11.8 Å². The maximum atomic E-state index is 13.0. The molecule has 5 N–H and O–H groups in total. The molecule has 2 aromatic heterocycles. The van der Waals surface area contributed by atoms with Crippen molar-refractivity contribution in [2.75, 3.05) is 18.8 Å². The topological polar surface area (TPSA) is 169 Å². The number of benzene rings is 1. The zero-order valence-corrected chi connectivity index (χ0v) is 21.1. The van der Waals surface area contributed by atoms with E-state index in [-0.39, 0.29) is 41.3 Å². The molecular weight excluding hydrogens is 502 g/mol. The summed E-state index contributed by atoms with van der Waals surface area (Å²) in [6.07, 6.45) is 0.140. The smallest absolute Gasteiger partial charge is 0.254 e. The lowest BCUT2D eigenvalue weighted by Gasteiger charge is -2.20. The number of aromatic nitrogens is 4. The zero-order chi connectivity index (χ0) is 27.1. The van der Waals surface area contributed by atoms with Crippen molar-refractivity contribution in [1.82, 2.24) is 29.7 Å². The van der Waals surface area contributed by atoms with Crippen LogP contribution < -0.4 is 11.1 Å². The molecule has 39 heavy (non-hydrogen) atoms. The van der Waals surface area contributed by atoms with Gasteiger partial charge in [0.1, 0.15) is 17.7 Å². The number of imidazole rings is 1. The Kier molecular flexibility index (Phi) is 6.64. The molecule has 0 bridgehead atoms. The highest BCUT2D eigenvalue weighted by molar-refractivity contribution is 5.94. The largest absolute Gasteiger partial charge is 0.387 e. The lowest BCUT2D eigenvalue weighted by Crippen LogP contribution is -2.43. The maximum Gasteiger partial charge on any atom is 0.254 e. The third kappa shape index (κ3) is 5.29. The Morgan fingerprint density at radius 2 is 1.90 bits per heavy atom. The number of anilines is 1. The fourth-order valence-corrected chi connectivity index (χ4v) is 4.61. The molecule has 3 aromatic rings. The molecule has 1 saturated heterocycles. The van der Waals surface area contributed by atoms with Gasteiger partial charge >= 0.3 is 0 Å². The summed E-state index contributed by atoms with van der Waals surface area (Å²) in [6.45, 7) is 0.825. The van der Waals surface area contributed by atoms with Crippen LogP contribution in [0.25, 0.3) is 11.2 Å². The molecule has 3 fully saturated rings. The Bertz CT molecular complexity index is 1460. The minimum atomic E-state index is -1.43. The van der Waals surface area contributed by atoms with E-state index in [0.717, 1.165) is 25.7 Å². The summed E-state index contributed by atoms with van der Waals surface area (Å²) in [5, 5.41) is 24.0. The minimum absolute atomic E-state index is 0.0781. The van der Waals surface area contributed by atoms with Crippen LogP contribution in [0.3, 0.4) is 0 Å². The van der Waals surface area contributed by atoms with Crippen molar-refractivity contribution in [3.05, 3.63) is 48.0 Å². The molecule has 2 saturated carbocycles. The number of carbonyl (C=O) groups is 2. The van der Waals surface area contributed by atoms with E-state index in [9.17, 15) is 19.8 Å². The van der Waals surface area contributed by atoms with Crippen LogP contribution in [0.2, 0.25) is 0 Å². The Morgan fingerprint density at radius 3 is 2.62 bits per heavy atom. The number of nitrogens with one attached hydrogen (secondary N) is 1. The molecule has 3 aliphatic rings. The third-order valence-electron chi connectivity index (χ3n) is 7.10. The van der Waals surface area contributed by atoms with E-state index in [1.807, 2.05) is 18.2 Å². The lowest BCUT2D eigenvalue weighted by molar-refractivity contribution is -0.137. The monoisotopic (exact) mass is 531 g/mol. The van der Waals surface area contributed by atoms with Crippen LogP contribution in [0.15, 0.2) is 36.7 Å². The summed E-state index contributed by atoms with van der Waals surface area (Å²) in [5.41, 5.74) is 7.23. The van der Waals surface area contributed by atoms with Gasteiger partial charge in [0, 0.05) is 18.2 Å². The SMILES string of the molecule is Nc1nc(C#CCN(CC2CC2)C(=O)c2ccccc2)nc2c1ncn2C1OC(C(=O)NC2CC2)C(O)C1O. The van der Waals surface area contributed by atoms with Crippen LogP contribution in [-0.2, 0) is 9.53 Å². The van der Waals surface area contributed by atoms with Crippen molar-refractivity contribution in [2.45, 2.75) is 56.3 Å². The van der Waals surface area contributed by atoms with E-state index >= 15 is 0 Å². The van der Waals surface area contributed by atoms with Crippen molar-refractivity contribution < 1.29 is 24.5 Å². The molecule has 1 aliphatic heterocycles. The first kappa shape index (κ1) is 25.2. The molecule has 12 heteroatoms. The molecule has 2 amide bonds. The Labute approximate surface area is 224 Å². The molecule has 202 valence electrons. The average molecular weight is 532 g/mol. The summed E-state index contributed by atoms with van der Waals surface area (Å²) in [5.74, 6) is 5.99. The van der Waals surface area contributed by atoms with Gasteiger partial charge in [-0.25, -0.2) is 15.0 Å². The quantitative estimate of drug-likeness (QED) is 0.311. The van der Waals surface area contributed by atoms with Crippen LogP contribution >= 0.6 is 0 Å². The van der Waals surface area contributed by atoms with Crippen molar-refractivity contribution in [1.29, 1.82) is 0 Å². The van der Waals surface area contributed by atoms with Crippen LogP contribution in [-0.4, -0.2) is 83.9 Å². The molecule has 0 spiro atoms. The lowest BCUT2D eigenvalue weighted by atomic mass is 10.1. The molecule has 12 nitrogen and oxygen atoms in total. The minimum Gasteiger partial charge on any atom is -0.387 e. The molecule has 3 heterocycles. The average Bonchev–Trinajstić information content (AvgIpc) is 3.86. The number of fused-ring (bicyclic) bond motifs is 1. The Morgan fingerprint density at radius 1 is 1.13 bits per heavy atom. The van der Waals surface area contributed by atoms with E-state index < -0.39 is 30.4 Å². The number of aliphatic hydroxyl groups excluding tert-OH is 2. The number of hydrogen-bond acceptors (Lipinski definition) is 9. The Balaban J connectivity index is 1.22. The second-order valence-electron chi connectivity index (χ2n) is 10.3. The van der Waals surface area contributed by atoms with Gasteiger partial charge in [0.05, 0.1) is 12.9 Å². The van der Waals surface area contributed by atoms with Gasteiger partial charge in [-0.2, -0.15) is 0 Å². The molecule has 4 atom stereocenters. The van der Waals surface area contributed by atoms with E-state index in [1.165, 1.54) is 10.9 Å². The van der Waals surface area contributed by atoms with E-state index in [4.69, 9.17) is 10.5 Å². The molecule has 6 rings (SSSR count). The maximum absolute atomic E-state index is 13.0. The van der Waals surface area contributed by atoms with Crippen LogP contribution in [0.4, 0.5) is 5.82 Å². The molecular formula is C27H29N7O5. The van der Waals surface area contributed by atoms with Gasteiger partial charge in [-0.15, -0.1) is 0 Å². The standard InChI is InChI=1S/C27H29N7O5/c28-23-19-24(34(14-29-19)27-21(36)20(35)22(39-27)25(37)30-17-10-11-17)32-18(31-23)7-4-12-33(13-15-8-9-15)26(38)16-5-2-1-3-6-16/h1-3,5-6,14-15,17,20-22,27,35-36H,8-13H2,(H,30,37)(H2,28,31,32). The molecule has 1 aromatic carbocycles. The van der Waals surface area contributed by atoms with Gasteiger partial charge < -0.3 is 30.9 Å². The summed E-state index contributed by atoms with van der Waals surface area (Å²) < 4.78 is 7.17. The molecule has 0 radical (unpaired) electrons. The first-order valence-corrected chi connectivity index (χ1v) is 13.0. The number of ether oxygens (including phenoxy) is 1. The van der Waals surface area contributed by atoms with Gasteiger partial charge in [-0.1, -0.05) is 24.1 Å². The summed E-state index contributed by atoms with van der Waals surface area (Å²) in [4.78, 5) is 40.2. The zero-order valence-electron chi connectivity index (χ0n) is 21.1. The predicted molar refractivity (Wildman–Crippen MR) is 139 cm³/mol. The number of nitrogens with zero attached hydrogens (tertiary/aromatic N) is 5. The highest BCUT2D eigenvalue weighted by Gasteiger charge is 2.48. The highest BCUT2D eigenvalue weighted by Crippen LogP contribution is 2.33. The Hall–Kier alpha value is -4.05. The van der Waals surface area contributed by atoms with E-state index in [2.05, 4.69) is 32.1 Å². The number of rotatable bonds is 7. The number of nitrogen functional groups attached to an aromatic ring is 1. The fourth-order valence-electron chi connectivity index (χ4n) is 4.61. The van der Waals surface area contributed by atoms with Crippen molar-refractivity contribution in [3.8, 4) is 11.8 Å². The first-order valence-electron chi connectivity index (χ1n) is 13.0. The number of aliphatic hydroxyl groups is 2. The normalized spacial score (nSPS) is 24.3. The first-order chi connectivity index (χ1) is 18.9. The number of amides is 2. The van der Waals surface area contributed by atoms with Crippen molar-refractivity contribution in [2.24, 2.45) is 5.92 Å². The van der Waals surface area contributed by atoms with Gasteiger partial charge in [-0.05, 0) is 49.7 Å². The van der Waals surface area contributed by atoms with Crippen LogP contribution in [0.5, 0.6) is 0 Å². The number of nitrogens with two attached hydrogens (primary N) is 1. The van der Waals surface area contributed by atoms with E-state index in [0.29, 0.717) is 18.0 Å². The van der Waals surface area contributed by atoms with Crippen molar-refractivity contribution >= 4 is 28.8 Å². The molecule has 2 aliphatic carbocycles. The van der Waals surface area contributed by atoms with Crippen molar-refractivity contribution in [3.63, 3.8) is 0 Å². The van der Waals surface area contributed by atoms with Crippen LogP contribution in [0.1, 0.15) is 48.1 Å². The summed E-state index contributed by atoms with van der Waals surface area (Å²) in [6, 6.07) is 9.17. The van der Waals surface area contributed by atoms with Crippen LogP contribution in [0, 0.1) is 17.8 Å². The van der Waals surface area contributed by atoms with E-state index in [1.54, 1.807) is 17.0 Å². The predicted octanol–water partition coefficient (Wildman–Crippen LogP) is 0.210.